The minimum Gasteiger partial charge on any atom is -0.392 e. The molecule has 2 aromatic carbocycles. The second-order valence-corrected chi connectivity index (χ2v) is 6.67. The highest BCUT2D eigenvalue weighted by Crippen LogP contribution is 2.26. The van der Waals surface area contributed by atoms with E-state index in [1.54, 1.807) is 0 Å². The van der Waals surface area contributed by atoms with Gasteiger partial charge in [-0.25, -0.2) is 8.78 Å². The lowest BCUT2D eigenvalue weighted by atomic mass is 10.1. The predicted octanol–water partition coefficient (Wildman–Crippen LogP) is 4.73. The van der Waals surface area contributed by atoms with E-state index in [9.17, 15) is 13.9 Å². The summed E-state index contributed by atoms with van der Waals surface area (Å²) in [6, 6.07) is 10.3. The number of aliphatic hydroxyl groups is 1. The maximum absolute atomic E-state index is 13.8. The second-order valence-electron chi connectivity index (χ2n) is 4.76. The number of aliphatic hydroxyl groups excluding tert-OH is 1. The number of hydrogen-bond acceptors (Lipinski definition) is 2. The Balaban J connectivity index is 2.01. The fourth-order valence-electron chi connectivity index (χ4n) is 1.96. The van der Waals surface area contributed by atoms with Gasteiger partial charge in [0.2, 0.25) is 0 Å². The summed E-state index contributed by atoms with van der Waals surface area (Å²) in [5, 5.41) is 10.0. The molecule has 1 unspecified atom stereocenters. The fourth-order valence-corrected chi connectivity index (χ4v) is 3.29. The Kier molecular flexibility index (Phi) is 5.79. The molecular weight excluding hydrogens is 358 g/mol. The fraction of sp³-hybridized carbons (Fsp3) is 0.250. The average molecular weight is 373 g/mol. The SMILES string of the molecule is Cc1ccccc1SCC(O)Cc1c(F)ccc(Br)c1F. The third-order valence-corrected chi connectivity index (χ3v) is 5.04. The first-order chi connectivity index (χ1) is 9.99. The Morgan fingerprint density at radius 2 is 1.90 bits per heavy atom. The smallest absolute Gasteiger partial charge is 0.143 e. The van der Waals surface area contributed by atoms with E-state index in [2.05, 4.69) is 15.9 Å². The van der Waals surface area contributed by atoms with Crippen molar-refractivity contribution in [3.63, 3.8) is 0 Å². The molecule has 0 aliphatic carbocycles. The van der Waals surface area contributed by atoms with Gasteiger partial charge in [0.05, 0.1) is 10.6 Å². The van der Waals surface area contributed by atoms with Crippen LogP contribution in [0.2, 0.25) is 0 Å². The summed E-state index contributed by atoms with van der Waals surface area (Å²) < 4.78 is 27.7. The molecule has 1 N–H and O–H groups in total. The largest absolute Gasteiger partial charge is 0.392 e. The first-order valence-electron chi connectivity index (χ1n) is 6.48. The molecule has 0 aliphatic rings. The molecular formula is C16H15BrF2OS. The van der Waals surface area contributed by atoms with Crippen LogP contribution in [0.4, 0.5) is 8.78 Å². The standard InChI is InChI=1S/C16H15BrF2OS/c1-10-4-2-3-5-15(10)21-9-11(20)8-12-14(18)7-6-13(17)16(12)19/h2-7,11,20H,8-9H2,1H3. The molecule has 0 bridgehead atoms. The molecule has 0 saturated heterocycles. The van der Waals surface area contributed by atoms with E-state index < -0.39 is 17.7 Å². The van der Waals surface area contributed by atoms with E-state index in [1.165, 1.54) is 23.9 Å². The summed E-state index contributed by atoms with van der Waals surface area (Å²) in [6.45, 7) is 1.99. The molecule has 1 nitrogen and oxygen atoms in total. The van der Waals surface area contributed by atoms with E-state index in [0.29, 0.717) is 5.75 Å². The Morgan fingerprint density at radius 3 is 2.62 bits per heavy atom. The van der Waals surface area contributed by atoms with Gasteiger partial charge in [0.1, 0.15) is 11.6 Å². The van der Waals surface area contributed by atoms with Crippen molar-refractivity contribution in [1.82, 2.24) is 0 Å². The van der Waals surface area contributed by atoms with Gasteiger partial charge in [-0.1, -0.05) is 18.2 Å². The molecule has 2 aromatic rings. The van der Waals surface area contributed by atoms with Crippen LogP contribution in [-0.4, -0.2) is 17.0 Å². The number of aryl methyl sites for hydroxylation is 1. The number of benzene rings is 2. The van der Waals surface area contributed by atoms with Gasteiger partial charge in [-0.2, -0.15) is 0 Å². The van der Waals surface area contributed by atoms with E-state index in [-0.39, 0.29) is 16.5 Å². The molecule has 0 amide bonds. The molecule has 0 fully saturated rings. The molecule has 5 heteroatoms. The van der Waals surface area contributed by atoms with Crippen LogP contribution >= 0.6 is 27.7 Å². The summed E-state index contributed by atoms with van der Waals surface area (Å²) in [7, 11) is 0. The first kappa shape index (κ1) is 16.5. The van der Waals surface area contributed by atoms with Gasteiger partial charge in [0, 0.05) is 22.6 Å². The lowest BCUT2D eigenvalue weighted by Gasteiger charge is -2.13. The number of thioether (sulfide) groups is 1. The van der Waals surface area contributed by atoms with Crippen LogP contribution in [0.1, 0.15) is 11.1 Å². The maximum Gasteiger partial charge on any atom is 0.143 e. The van der Waals surface area contributed by atoms with Crippen molar-refractivity contribution >= 4 is 27.7 Å². The van der Waals surface area contributed by atoms with Crippen molar-refractivity contribution < 1.29 is 13.9 Å². The number of halogens is 3. The van der Waals surface area contributed by atoms with Crippen molar-refractivity contribution in [3.05, 3.63) is 63.6 Å². The zero-order valence-electron chi connectivity index (χ0n) is 11.4. The van der Waals surface area contributed by atoms with Gasteiger partial charge in [-0.3, -0.25) is 0 Å². The Labute approximate surface area is 135 Å². The Bertz CT molecular complexity index is 634. The lowest BCUT2D eigenvalue weighted by Crippen LogP contribution is -2.16. The summed E-state index contributed by atoms with van der Waals surface area (Å²) in [4.78, 5) is 1.06. The van der Waals surface area contributed by atoms with Crippen LogP contribution in [0.25, 0.3) is 0 Å². The van der Waals surface area contributed by atoms with Crippen LogP contribution in [0.15, 0.2) is 45.8 Å². The zero-order chi connectivity index (χ0) is 15.4. The van der Waals surface area contributed by atoms with Crippen molar-refractivity contribution in [2.24, 2.45) is 0 Å². The highest BCUT2D eigenvalue weighted by molar-refractivity contribution is 9.10. The van der Waals surface area contributed by atoms with Gasteiger partial charge in [0.25, 0.3) is 0 Å². The third kappa shape index (κ3) is 4.28. The summed E-state index contributed by atoms with van der Waals surface area (Å²) in [6.07, 6.45) is -0.858. The minimum atomic E-state index is -0.812. The van der Waals surface area contributed by atoms with Gasteiger partial charge in [-0.15, -0.1) is 11.8 Å². The van der Waals surface area contributed by atoms with Crippen molar-refractivity contribution in [2.75, 3.05) is 5.75 Å². The maximum atomic E-state index is 13.8. The van der Waals surface area contributed by atoms with Crippen molar-refractivity contribution in [2.45, 2.75) is 24.3 Å². The van der Waals surface area contributed by atoms with Gasteiger partial charge in [-0.05, 0) is 46.6 Å². The molecule has 0 aliphatic heterocycles. The van der Waals surface area contributed by atoms with E-state index in [4.69, 9.17) is 0 Å². The third-order valence-electron chi connectivity index (χ3n) is 3.10. The molecule has 21 heavy (non-hydrogen) atoms. The zero-order valence-corrected chi connectivity index (χ0v) is 13.8. The minimum absolute atomic E-state index is 0.0456. The molecule has 2 rings (SSSR count). The Morgan fingerprint density at radius 1 is 1.19 bits per heavy atom. The Hall–Kier alpha value is -0.910. The van der Waals surface area contributed by atoms with Gasteiger partial charge in [0.15, 0.2) is 0 Å². The lowest BCUT2D eigenvalue weighted by molar-refractivity contribution is 0.197. The van der Waals surface area contributed by atoms with E-state index >= 15 is 0 Å². The second kappa shape index (κ2) is 7.38. The molecule has 1 atom stereocenters. The van der Waals surface area contributed by atoms with Crippen LogP contribution < -0.4 is 0 Å². The van der Waals surface area contributed by atoms with Gasteiger partial charge < -0.3 is 5.11 Å². The monoisotopic (exact) mass is 372 g/mol. The van der Waals surface area contributed by atoms with Crippen molar-refractivity contribution in [1.29, 1.82) is 0 Å². The highest BCUT2D eigenvalue weighted by atomic mass is 79.9. The summed E-state index contributed by atoms with van der Waals surface area (Å²) in [5.41, 5.74) is 1.04. The van der Waals surface area contributed by atoms with Crippen LogP contribution in [0, 0.1) is 18.6 Å². The molecule has 0 heterocycles. The van der Waals surface area contributed by atoms with E-state index in [0.717, 1.165) is 10.5 Å². The molecule has 0 radical (unpaired) electrons. The van der Waals surface area contributed by atoms with Gasteiger partial charge >= 0.3 is 0 Å². The van der Waals surface area contributed by atoms with Crippen LogP contribution in [0.5, 0.6) is 0 Å². The number of rotatable bonds is 5. The molecule has 0 aromatic heterocycles. The molecule has 0 saturated carbocycles. The topological polar surface area (TPSA) is 20.2 Å². The quantitative estimate of drug-likeness (QED) is 0.604. The first-order valence-corrected chi connectivity index (χ1v) is 8.25. The molecule has 0 spiro atoms. The normalized spacial score (nSPS) is 12.4. The van der Waals surface area contributed by atoms with Crippen LogP contribution in [0.3, 0.4) is 0 Å². The van der Waals surface area contributed by atoms with Crippen molar-refractivity contribution in [3.8, 4) is 0 Å². The number of hydrogen-bond donors (Lipinski definition) is 1. The van der Waals surface area contributed by atoms with Crippen LogP contribution in [-0.2, 0) is 6.42 Å². The molecule has 112 valence electrons. The summed E-state index contributed by atoms with van der Waals surface area (Å²) >= 11 is 4.51. The van der Waals surface area contributed by atoms with E-state index in [1.807, 2.05) is 31.2 Å². The predicted molar refractivity (Wildman–Crippen MR) is 85.7 cm³/mol. The highest BCUT2D eigenvalue weighted by Gasteiger charge is 2.16. The summed E-state index contributed by atoms with van der Waals surface area (Å²) in [5.74, 6) is -0.887. The average Bonchev–Trinajstić information content (AvgIpc) is 2.47.